The van der Waals surface area contributed by atoms with Gasteiger partial charge in [0.15, 0.2) is 5.13 Å². The monoisotopic (exact) mass is 464 g/mol. The molecular formula is C24H24N4O4S. The van der Waals surface area contributed by atoms with Crippen molar-refractivity contribution in [1.82, 2.24) is 10.3 Å². The molecule has 2 aromatic carbocycles. The molecule has 1 aliphatic heterocycles. The molecule has 0 fully saturated rings. The Morgan fingerprint density at radius 2 is 1.85 bits per heavy atom. The minimum atomic E-state index is -0.173. The van der Waals surface area contributed by atoms with Gasteiger partial charge in [-0.25, -0.2) is 4.98 Å². The van der Waals surface area contributed by atoms with Crippen molar-refractivity contribution in [3.05, 3.63) is 59.0 Å². The summed E-state index contributed by atoms with van der Waals surface area (Å²) in [4.78, 5) is 39.7. The van der Waals surface area contributed by atoms with E-state index in [0.717, 1.165) is 28.1 Å². The third-order valence-electron chi connectivity index (χ3n) is 5.11. The molecule has 1 aliphatic rings. The minimum Gasteiger partial charge on any atom is -0.493 e. The first-order valence-electron chi connectivity index (χ1n) is 10.5. The van der Waals surface area contributed by atoms with Gasteiger partial charge in [-0.05, 0) is 35.9 Å². The van der Waals surface area contributed by atoms with Crippen LogP contribution in [0.25, 0.3) is 11.3 Å². The Morgan fingerprint density at radius 1 is 1.06 bits per heavy atom. The highest BCUT2D eigenvalue weighted by molar-refractivity contribution is 7.14. The smallest absolute Gasteiger partial charge is 0.230 e. The van der Waals surface area contributed by atoms with E-state index in [2.05, 4.69) is 20.9 Å². The van der Waals surface area contributed by atoms with Crippen LogP contribution in [-0.4, -0.2) is 29.3 Å². The normalized spacial score (nSPS) is 14.5. The maximum atomic E-state index is 12.5. The Hall–Kier alpha value is -3.72. The van der Waals surface area contributed by atoms with Crippen LogP contribution in [0.3, 0.4) is 0 Å². The zero-order valence-electron chi connectivity index (χ0n) is 18.3. The van der Waals surface area contributed by atoms with Crippen LogP contribution in [0, 0.1) is 0 Å². The first-order chi connectivity index (χ1) is 15.9. The van der Waals surface area contributed by atoms with E-state index in [0.29, 0.717) is 23.8 Å². The number of benzene rings is 2. The van der Waals surface area contributed by atoms with Gasteiger partial charge in [0.05, 0.1) is 24.8 Å². The van der Waals surface area contributed by atoms with Gasteiger partial charge in [0.25, 0.3) is 0 Å². The van der Waals surface area contributed by atoms with Crippen molar-refractivity contribution in [2.24, 2.45) is 0 Å². The molecule has 8 nitrogen and oxygen atoms in total. The van der Waals surface area contributed by atoms with Gasteiger partial charge in [-0.1, -0.05) is 12.1 Å². The summed E-state index contributed by atoms with van der Waals surface area (Å²) in [5, 5.41) is 10.9. The summed E-state index contributed by atoms with van der Waals surface area (Å²) in [6.07, 6.45) is 0.907. The van der Waals surface area contributed by atoms with Crippen molar-refractivity contribution in [2.45, 2.75) is 32.7 Å². The number of nitrogens with one attached hydrogen (secondary N) is 3. The highest BCUT2D eigenvalue weighted by atomic mass is 32.1. The molecule has 2 heterocycles. The number of carbonyl (C=O) groups excluding carboxylic acids is 3. The molecular weight excluding hydrogens is 440 g/mol. The third kappa shape index (κ3) is 5.75. The van der Waals surface area contributed by atoms with E-state index in [1.54, 1.807) is 24.3 Å². The Labute approximate surface area is 195 Å². The van der Waals surface area contributed by atoms with E-state index < -0.39 is 0 Å². The fourth-order valence-electron chi connectivity index (χ4n) is 3.67. The topological polar surface area (TPSA) is 109 Å². The quantitative estimate of drug-likeness (QED) is 0.512. The summed E-state index contributed by atoms with van der Waals surface area (Å²) < 4.78 is 5.72. The van der Waals surface area contributed by atoms with E-state index >= 15 is 0 Å². The summed E-state index contributed by atoms with van der Waals surface area (Å²) >= 11 is 1.35. The molecule has 0 bridgehead atoms. The molecule has 170 valence electrons. The Morgan fingerprint density at radius 3 is 2.58 bits per heavy atom. The molecule has 1 atom stereocenters. The zero-order valence-corrected chi connectivity index (χ0v) is 19.1. The van der Waals surface area contributed by atoms with Crippen LogP contribution < -0.4 is 20.7 Å². The second-order valence-electron chi connectivity index (χ2n) is 7.78. The number of anilines is 2. The molecule has 1 unspecified atom stereocenters. The highest BCUT2D eigenvalue weighted by Gasteiger charge is 2.23. The lowest BCUT2D eigenvalue weighted by Gasteiger charge is -2.26. The van der Waals surface area contributed by atoms with Gasteiger partial charge in [-0.2, -0.15) is 0 Å². The van der Waals surface area contributed by atoms with Gasteiger partial charge in [0.1, 0.15) is 5.75 Å². The number of fused-ring (bicyclic) bond motifs is 1. The average Bonchev–Trinajstić information content (AvgIpc) is 3.22. The predicted molar refractivity (Wildman–Crippen MR) is 127 cm³/mol. The number of amides is 3. The molecule has 0 radical (unpaired) electrons. The highest BCUT2D eigenvalue weighted by Crippen LogP contribution is 2.36. The van der Waals surface area contributed by atoms with Crippen molar-refractivity contribution in [3.63, 3.8) is 0 Å². The fraction of sp³-hybridized carbons (Fsp3) is 0.250. The molecule has 0 spiro atoms. The number of ether oxygens (including phenoxy) is 1. The first-order valence-corrected chi connectivity index (χ1v) is 11.4. The molecule has 3 amide bonds. The van der Waals surface area contributed by atoms with Crippen LogP contribution in [0.5, 0.6) is 5.75 Å². The van der Waals surface area contributed by atoms with E-state index in [9.17, 15) is 14.4 Å². The molecule has 9 heteroatoms. The molecule has 0 aliphatic carbocycles. The zero-order chi connectivity index (χ0) is 23.4. The lowest BCUT2D eigenvalue weighted by atomic mass is 9.97. The van der Waals surface area contributed by atoms with E-state index in [1.807, 2.05) is 23.6 Å². The van der Waals surface area contributed by atoms with Crippen LogP contribution in [0.15, 0.2) is 47.8 Å². The first kappa shape index (κ1) is 22.5. The molecule has 0 saturated carbocycles. The Balaban J connectivity index is 1.42. The molecule has 1 aromatic heterocycles. The van der Waals surface area contributed by atoms with Gasteiger partial charge in [0.2, 0.25) is 17.7 Å². The molecule has 33 heavy (non-hydrogen) atoms. The summed E-state index contributed by atoms with van der Waals surface area (Å²) in [7, 11) is 0. The summed E-state index contributed by atoms with van der Waals surface area (Å²) in [5.41, 5.74) is 4.07. The van der Waals surface area contributed by atoms with Gasteiger partial charge < -0.3 is 20.7 Å². The van der Waals surface area contributed by atoms with Crippen molar-refractivity contribution in [2.75, 3.05) is 17.2 Å². The largest absolute Gasteiger partial charge is 0.493 e. The molecule has 3 N–H and O–H groups in total. The molecule has 3 aromatic rings. The maximum Gasteiger partial charge on any atom is 0.230 e. The molecule has 0 saturated heterocycles. The van der Waals surface area contributed by atoms with Gasteiger partial charge in [-0.3, -0.25) is 14.4 Å². The lowest BCUT2D eigenvalue weighted by molar-refractivity contribution is -0.120. The van der Waals surface area contributed by atoms with Crippen LogP contribution in [-0.2, 0) is 20.8 Å². The standard InChI is InChI=1S/C24H24N4O4S/c1-14(29)25-18-6-3-16(4-7-18)11-23(31)28-24-27-21(13-33-24)17-5-8-22-19(12-17)20(9-10-32-22)26-15(2)30/h3-8,12-13,20H,9-11H2,1-2H3,(H,25,29)(H,26,30)(H,27,28,31). The summed E-state index contributed by atoms with van der Waals surface area (Å²) in [6.45, 7) is 3.51. The van der Waals surface area contributed by atoms with Crippen molar-refractivity contribution < 1.29 is 19.1 Å². The number of aromatic nitrogens is 1. The maximum absolute atomic E-state index is 12.5. The Bertz CT molecular complexity index is 1190. The van der Waals surface area contributed by atoms with Crippen LogP contribution in [0.1, 0.15) is 37.4 Å². The number of hydrogen-bond donors (Lipinski definition) is 3. The third-order valence-corrected chi connectivity index (χ3v) is 5.87. The average molecular weight is 465 g/mol. The van der Waals surface area contributed by atoms with Gasteiger partial charge in [0, 0.05) is 42.5 Å². The van der Waals surface area contributed by atoms with Crippen molar-refractivity contribution in [3.8, 4) is 17.0 Å². The van der Waals surface area contributed by atoms with Gasteiger partial charge >= 0.3 is 0 Å². The lowest BCUT2D eigenvalue weighted by Crippen LogP contribution is -2.30. The number of thiazole rings is 1. The minimum absolute atomic E-state index is 0.0818. The second kappa shape index (κ2) is 9.83. The van der Waals surface area contributed by atoms with Crippen LogP contribution >= 0.6 is 11.3 Å². The SMILES string of the molecule is CC(=O)Nc1ccc(CC(=O)Nc2nc(-c3ccc4c(c3)C(NC(C)=O)CCO4)cs2)cc1. The Kier molecular flexibility index (Phi) is 6.69. The van der Waals surface area contributed by atoms with Crippen molar-refractivity contribution >= 4 is 39.9 Å². The van der Waals surface area contributed by atoms with Crippen molar-refractivity contribution in [1.29, 1.82) is 0 Å². The fourth-order valence-corrected chi connectivity index (χ4v) is 4.41. The molecule has 4 rings (SSSR count). The summed E-state index contributed by atoms with van der Waals surface area (Å²) in [5.74, 6) is 0.364. The van der Waals surface area contributed by atoms with E-state index in [1.165, 1.54) is 25.2 Å². The van der Waals surface area contributed by atoms with Crippen LogP contribution in [0.2, 0.25) is 0 Å². The van der Waals surface area contributed by atoms with E-state index in [4.69, 9.17) is 4.74 Å². The predicted octanol–water partition coefficient (Wildman–Crippen LogP) is 3.91. The summed E-state index contributed by atoms with van der Waals surface area (Å²) in [6, 6.07) is 12.8. The number of rotatable bonds is 6. The number of carbonyl (C=O) groups is 3. The number of hydrogen-bond acceptors (Lipinski definition) is 6. The van der Waals surface area contributed by atoms with E-state index in [-0.39, 0.29) is 30.2 Å². The number of nitrogens with zero attached hydrogens (tertiary/aromatic N) is 1. The van der Waals surface area contributed by atoms with Gasteiger partial charge in [-0.15, -0.1) is 11.3 Å². The van der Waals surface area contributed by atoms with Crippen LogP contribution in [0.4, 0.5) is 10.8 Å². The second-order valence-corrected chi connectivity index (χ2v) is 8.64.